The monoisotopic (exact) mass is 405 g/mol. The molecule has 1 aliphatic rings. The van der Waals surface area contributed by atoms with Gasteiger partial charge in [-0.3, -0.25) is 9.69 Å². The van der Waals surface area contributed by atoms with Crippen molar-refractivity contribution in [2.75, 3.05) is 39.6 Å². The van der Waals surface area contributed by atoms with Gasteiger partial charge < -0.3 is 9.84 Å². The summed E-state index contributed by atoms with van der Waals surface area (Å²) < 4.78 is 26.9. The van der Waals surface area contributed by atoms with E-state index >= 15 is 0 Å². The molecule has 152 valence electrons. The summed E-state index contributed by atoms with van der Waals surface area (Å²) in [5.74, 6) is 4.66. The summed E-state index contributed by atoms with van der Waals surface area (Å²) in [4.78, 5) is 13.5. The molecule has 0 bridgehead atoms. The predicted molar refractivity (Wildman–Crippen MR) is 110 cm³/mol. The highest BCUT2D eigenvalue weighted by Crippen LogP contribution is 2.25. The summed E-state index contributed by atoms with van der Waals surface area (Å²) in [6.07, 6.45) is 4.00. The summed E-state index contributed by atoms with van der Waals surface area (Å²) in [7, 11) is -2.08. The van der Waals surface area contributed by atoms with Gasteiger partial charge in [-0.25, -0.2) is 8.42 Å². The van der Waals surface area contributed by atoms with Gasteiger partial charge in [-0.2, -0.15) is 0 Å². The van der Waals surface area contributed by atoms with Gasteiger partial charge in [0, 0.05) is 38.6 Å². The molecule has 1 aliphatic heterocycles. The molecular formula is C21H27NO5S. The largest absolute Gasteiger partial charge is 0.480 e. The van der Waals surface area contributed by atoms with Crippen molar-refractivity contribution in [2.45, 2.75) is 24.5 Å². The molecule has 0 aromatic heterocycles. The average Bonchev–Trinajstić information content (AvgIpc) is 2.66. The standard InChI is InChI=1S/C21H27NO5S/c1-21(20(23)24,28(3,25)26)12-15-22-13-10-19(11-14-22)18-8-6-17(7-9-18)5-4-16-27-2/h6-10H,11-16H2,1-3H3,(H,23,24). The van der Waals surface area contributed by atoms with E-state index in [0.29, 0.717) is 19.7 Å². The number of carbonyl (C=O) groups is 1. The lowest BCUT2D eigenvalue weighted by atomic mass is 9.98. The maximum Gasteiger partial charge on any atom is 0.324 e. The van der Waals surface area contributed by atoms with Crippen LogP contribution in [-0.4, -0.2) is 68.7 Å². The van der Waals surface area contributed by atoms with Crippen LogP contribution < -0.4 is 0 Å². The van der Waals surface area contributed by atoms with Gasteiger partial charge in [0.05, 0.1) is 0 Å². The predicted octanol–water partition coefficient (Wildman–Crippen LogP) is 2.05. The van der Waals surface area contributed by atoms with Crippen LogP contribution in [0.1, 0.15) is 30.9 Å². The van der Waals surface area contributed by atoms with Gasteiger partial charge in [0.25, 0.3) is 0 Å². The molecule has 2 rings (SSSR count). The van der Waals surface area contributed by atoms with Crippen LogP contribution in [0.15, 0.2) is 30.3 Å². The second-order valence-corrected chi connectivity index (χ2v) is 9.60. The van der Waals surface area contributed by atoms with Gasteiger partial charge in [0.1, 0.15) is 6.61 Å². The number of carboxylic acid groups (broad SMARTS) is 1. The minimum absolute atomic E-state index is 0.0686. The summed E-state index contributed by atoms with van der Waals surface area (Å²) in [5.41, 5.74) is 3.31. The topological polar surface area (TPSA) is 83.9 Å². The van der Waals surface area contributed by atoms with Gasteiger partial charge in [-0.1, -0.05) is 30.0 Å². The van der Waals surface area contributed by atoms with Gasteiger partial charge in [-0.15, -0.1) is 0 Å². The molecular weight excluding hydrogens is 378 g/mol. The van der Waals surface area contributed by atoms with E-state index in [4.69, 9.17) is 4.74 Å². The van der Waals surface area contributed by atoms with Crippen molar-refractivity contribution in [3.05, 3.63) is 41.5 Å². The molecule has 0 aliphatic carbocycles. The molecule has 7 heteroatoms. The number of sulfone groups is 1. The fourth-order valence-electron chi connectivity index (χ4n) is 2.98. The lowest BCUT2D eigenvalue weighted by Gasteiger charge is -2.30. The number of carboxylic acids is 1. The Kier molecular flexibility index (Phi) is 7.41. The first-order chi connectivity index (χ1) is 13.2. The fourth-order valence-corrected chi connectivity index (χ4v) is 3.76. The van der Waals surface area contributed by atoms with Crippen LogP contribution in [0.5, 0.6) is 0 Å². The second kappa shape index (κ2) is 9.37. The smallest absolute Gasteiger partial charge is 0.324 e. The van der Waals surface area contributed by atoms with Crippen LogP contribution in [0.4, 0.5) is 0 Å². The Morgan fingerprint density at radius 2 is 2.00 bits per heavy atom. The zero-order chi connectivity index (χ0) is 20.8. The molecule has 6 nitrogen and oxygen atoms in total. The molecule has 1 atom stereocenters. The second-order valence-electron chi connectivity index (χ2n) is 7.15. The van der Waals surface area contributed by atoms with Crippen molar-refractivity contribution < 1.29 is 23.1 Å². The van der Waals surface area contributed by atoms with Crippen molar-refractivity contribution in [2.24, 2.45) is 0 Å². The first-order valence-electron chi connectivity index (χ1n) is 9.10. The minimum atomic E-state index is -3.69. The third kappa shape index (κ3) is 5.44. The highest BCUT2D eigenvalue weighted by atomic mass is 32.2. The number of hydrogen-bond acceptors (Lipinski definition) is 5. The van der Waals surface area contributed by atoms with Gasteiger partial charge in [-0.05, 0) is 43.0 Å². The van der Waals surface area contributed by atoms with Crippen molar-refractivity contribution >= 4 is 21.4 Å². The molecule has 1 heterocycles. The fraction of sp³-hybridized carbons (Fsp3) is 0.476. The molecule has 0 saturated carbocycles. The Labute approximate surface area is 167 Å². The minimum Gasteiger partial charge on any atom is -0.480 e. The molecule has 0 radical (unpaired) electrons. The maximum absolute atomic E-state index is 11.9. The molecule has 1 N–H and O–H groups in total. The molecule has 0 fully saturated rings. The highest BCUT2D eigenvalue weighted by molar-refractivity contribution is 7.92. The quantitative estimate of drug-likeness (QED) is 0.699. The normalized spacial score (nSPS) is 17.2. The summed E-state index contributed by atoms with van der Waals surface area (Å²) >= 11 is 0. The molecule has 1 unspecified atom stereocenters. The van der Waals surface area contributed by atoms with E-state index in [-0.39, 0.29) is 6.42 Å². The van der Waals surface area contributed by atoms with Crippen molar-refractivity contribution in [3.63, 3.8) is 0 Å². The zero-order valence-corrected chi connectivity index (χ0v) is 17.4. The number of nitrogens with zero attached hydrogens (tertiary/aromatic N) is 1. The highest BCUT2D eigenvalue weighted by Gasteiger charge is 2.43. The van der Waals surface area contributed by atoms with E-state index in [1.54, 1.807) is 7.11 Å². The van der Waals surface area contributed by atoms with Gasteiger partial charge in [0.15, 0.2) is 14.6 Å². The number of benzene rings is 1. The number of hydrogen-bond donors (Lipinski definition) is 1. The Hall–Kier alpha value is -2.14. The summed E-state index contributed by atoms with van der Waals surface area (Å²) in [6.45, 7) is 3.55. The van der Waals surface area contributed by atoms with E-state index in [0.717, 1.165) is 30.3 Å². The van der Waals surface area contributed by atoms with E-state index in [9.17, 15) is 18.3 Å². The van der Waals surface area contributed by atoms with Gasteiger partial charge >= 0.3 is 5.97 Å². The number of methoxy groups -OCH3 is 1. The molecule has 1 aromatic carbocycles. The van der Waals surface area contributed by atoms with Crippen LogP contribution in [0.3, 0.4) is 0 Å². The number of rotatable bonds is 7. The number of ether oxygens (including phenoxy) is 1. The van der Waals surface area contributed by atoms with Crippen molar-refractivity contribution in [3.8, 4) is 11.8 Å². The third-order valence-electron chi connectivity index (χ3n) is 5.17. The van der Waals surface area contributed by atoms with E-state index in [1.165, 1.54) is 12.5 Å². The maximum atomic E-state index is 11.9. The van der Waals surface area contributed by atoms with E-state index in [2.05, 4.69) is 22.8 Å². The van der Waals surface area contributed by atoms with Crippen LogP contribution in [0, 0.1) is 11.8 Å². The van der Waals surface area contributed by atoms with E-state index in [1.807, 2.05) is 24.3 Å². The molecule has 0 spiro atoms. The molecule has 0 saturated heterocycles. The van der Waals surface area contributed by atoms with Crippen LogP contribution in [0.25, 0.3) is 5.57 Å². The lowest BCUT2D eigenvalue weighted by molar-refractivity contribution is -0.139. The summed E-state index contributed by atoms with van der Waals surface area (Å²) in [6, 6.07) is 8.05. The van der Waals surface area contributed by atoms with Crippen LogP contribution in [0.2, 0.25) is 0 Å². The Morgan fingerprint density at radius 1 is 1.32 bits per heavy atom. The Bertz CT molecular complexity index is 893. The first-order valence-corrected chi connectivity index (χ1v) is 11.0. The average molecular weight is 406 g/mol. The molecule has 0 amide bonds. The number of aliphatic carboxylic acids is 1. The molecule has 28 heavy (non-hydrogen) atoms. The van der Waals surface area contributed by atoms with Gasteiger partial charge in [0.2, 0.25) is 0 Å². The Balaban J connectivity index is 1.97. The Morgan fingerprint density at radius 3 is 2.50 bits per heavy atom. The third-order valence-corrected chi connectivity index (χ3v) is 7.19. The lowest BCUT2D eigenvalue weighted by Crippen LogP contribution is -2.46. The molecule has 1 aromatic rings. The SMILES string of the molecule is COCC#Cc1ccc(C2=CCN(CCC(C)(C(=O)O)S(C)(=O)=O)CC2)cc1. The van der Waals surface area contributed by atoms with Crippen molar-refractivity contribution in [1.29, 1.82) is 0 Å². The van der Waals surface area contributed by atoms with Crippen LogP contribution >= 0.6 is 0 Å². The summed E-state index contributed by atoms with van der Waals surface area (Å²) in [5, 5.41) is 9.35. The van der Waals surface area contributed by atoms with Crippen LogP contribution in [-0.2, 0) is 19.4 Å². The zero-order valence-electron chi connectivity index (χ0n) is 16.6. The first kappa shape index (κ1) is 22.2. The van der Waals surface area contributed by atoms with E-state index < -0.39 is 20.6 Å². The van der Waals surface area contributed by atoms with Crippen molar-refractivity contribution in [1.82, 2.24) is 4.90 Å².